The van der Waals surface area contributed by atoms with Crippen molar-refractivity contribution in [1.29, 1.82) is 0 Å². The molecule has 2 aromatic heterocycles. The van der Waals surface area contributed by atoms with E-state index >= 15 is 0 Å². The summed E-state index contributed by atoms with van der Waals surface area (Å²) in [4.78, 5) is 13.1. The predicted molar refractivity (Wildman–Crippen MR) is 69.9 cm³/mol. The lowest BCUT2D eigenvalue weighted by Crippen LogP contribution is -2.16. The number of aryl methyl sites for hydroxylation is 1. The number of nitrogens with one attached hydrogen (secondary N) is 1. The summed E-state index contributed by atoms with van der Waals surface area (Å²) in [5.74, 6) is 0.782. The van der Waals surface area contributed by atoms with Gasteiger partial charge >= 0.3 is 0 Å². The van der Waals surface area contributed by atoms with Gasteiger partial charge in [-0.1, -0.05) is 0 Å². The standard InChI is InChI=1S/C14H16N4/c1-10-8-13(9-16-12-2-3-12)18-14(17-10)11-4-6-15-7-5-11/h4-8,12,16H,2-3,9H2,1H3. The van der Waals surface area contributed by atoms with E-state index < -0.39 is 0 Å². The van der Waals surface area contributed by atoms with Crippen LogP contribution in [0, 0.1) is 6.92 Å². The van der Waals surface area contributed by atoms with Crippen molar-refractivity contribution in [3.05, 3.63) is 42.0 Å². The Morgan fingerprint density at radius 2 is 2.00 bits per heavy atom. The molecule has 1 saturated carbocycles. The van der Waals surface area contributed by atoms with Crippen molar-refractivity contribution < 1.29 is 0 Å². The van der Waals surface area contributed by atoms with Gasteiger partial charge in [0.1, 0.15) is 0 Å². The first-order valence-corrected chi connectivity index (χ1v) is 6.29. The molecule has 0 amide bonds. The average molecular weight is 240 g/mol. The minimum Gasteiger partial charge on any atom is -0.308 e. The highest BCUT2D eigenvalue weighted by Crippen LogP contribution is 2.20. The van der Waals surface area contributed by atoms with E-state index in [9.17, 15) is 0 Å². The van der Waals surface area contributed by atoms with Gasteiger partial charge in [-0.15, -0.1) is 0 Å². The maximum atomic E-state index is 4.60. The fourth-order valence-electron chi connectivity index (χ4n) is 1.89. The molecule has 0 unspecified atom stereocenters. The molecule has 1 aliphatic carbocycles. The predicted octanol–water partition coefficient (Wildman–Crippen LogP) is 2.10. The Bertz CT molecular complexity index is 535. The van der Waals surface area contributed by atoms with Crippen LogP contribution in [0.2, 0.25) is 0 Å². The van der Waals surface area contributed by atoms with Crippen LogP contribution >= 0.6 is 0 Å². The quantitative estimate of drug-likeness (QED) is 0.889. The van der Waals surface area contributed by atoms with E-state index in [0.717, 1.165) is 29.3 Å². The van der Waals surface area contributed by atoms with Gasteiger partial charge < -0.3 is 5.32 Å². The molecule has 4 nitrogen and oxygen atoms in total. The third-order valence-corrected chi connectivity index (χ3v) is 2.99. The Labute approximate surface area is 107 Å². The van der Waals surface area contributed by atoms with E-state index in [1.807, 2.05) is 25.1 Å². The number of hydrogen-bond donors (Lipinski definition) is 1. The summed E-state index contributed by atoms with van der Waals surface area (Å²) in [5, 5.41) is 3.48. The second kappa shape index (κ2) is 4.82. The highest BCUT2D eigenvalue weighted by Gasteiger charge is 2.20. The number of pyridine rings is 1. The van der Waals surface area contributed by atoms with Crippen LogP contribution in [-0.4, -0.2) is 21.0 Å². The van der Waals surface area contributed by atoms with E-state index in [1.165, 1.54) is 12.8 Å². The summed E-state index contributed by atoms with van der Waals surface area (Å²) in [7, 11) is 0. The molecule has 1 N–H and O–H groups in total. The zero-order chi connectivity index (χ0) is 12.4. The highest BCUT2D eigenvalue weighted by molar-refractivity contribution is 5.53. The molecule has 0 aromatic carbocycles. The molecule has 1 fully saturated rings. The van der Waals surface area contributed by atoms with Crippen LogP contribution in [0.15, 0.2) is 30.6 Å². The Hall–Kier alpha value is -1.81. The Kier molecular flexibility index (Phi) is 3.02. The first-order chi connectivity index (χ1) is 8.81. The summed E-state index contributed by atoms with van der Waals surface area (Å²) >= 11 is 0. The van der Waals surface area contributed by atoms with Gasteiger partial charge in [0.05, 0.1) is 5.69 Å². The molecule has 0 aliphatic heterocycles. The zero-order valence-electron chi connectivity index (χ0n) is 10.4. The van der Waals surface area contributed by atoms with Gasteiger partial charge in [-0.05, 0) is 38.0 Å². The molecule has 0 atom stereocenters. The largest absolute Gasteiger partial charge is 0.308 e. The molecule has 92 valence electrons. The lowest BCUT2D eigenvalue weighted by molar-refractivity contribution is 0.672. The molecule has 0 radical (unpaired) electrons. The van der Waals surface area contributed by atoms with Crippen molar-refractivity contribution >= 4 is 0 Å². The maximum Gasteiger partial charge on any atom is 0.159 e. The first-order valence-electron chi connectivity index (χ1n) is 6.29. The molecular weight excluding hydrogens is 224 g/mol. The average Bonchev–Trinajstić information content (AvgIpc) is 3.21. The molecule has 0 spiro atoms. The fraction of sp³-hybridized carbons (Fsp3) is 0.357. The van der Waals surface area contributed by atoms with Crippen molar-refractivity contribution in [2.24, 2.45) is 0 Å². The third-order valence-electron chi connectivity index (χ3n) is 2.99. The van der Waals surface area contributed by atoms with Crippen LogP contribution in [-0.2, 0) is 6.54 Å². The topological polar surface area (TPSA) is 50.7 Å². The minimum absolute atomic E-state index is 0.699. The Balaban J connectivity index is 1.85. The molecule has 18 heavy (non-hydrogen) atoms. The Morgan fingerprint density at radius 1 is 1.22 bits per heavy atom. The van der Waals surface area contributed by atoms with E-state index in [4.69, 9.17) is 0 Å². The molecule has 3 rings (SSSR count). The molecular formula is C14H16N4. The van der Waals surface area contributed by atoms with E-state index in [2.05, 4.69) is 20.3 Å². The molecule has 2 aromatic rings. The van der Waals surface area contributed by atoms with Crippen molar-refractivity contribution in [3.8, 4) is 11.4 Å². The van der Waals surface area contributed by atoms with E-state index in [0.29, 0.717) is 6.04 Å². The van der Waals surface area contributed by atoms with Crippen LogP contribution in [0.4, 0.5) is 0 Å². The van der Waals surface area contributed by atoms with Gasteiger partial charge in [0, 0.05) is 36.2 Å². The van der Waals surface area contributed by atoms with Crippen molar-refractivity contribution in [1.82, 2.24) is 20.3 Å². The summed E-state index contributed by atoms with van der Waals surface area (Å²) < 4.78 is 0. The van der Waals surface area contributed by atoms with Crippen molar-refractivity contribution in [2.75, 3.05) is 0 Å². The third kappa shape index (κ3) is 2.71. The summed E-state index contributed by atoms with van der Waals surface area (Å²) in [6.45, 7) is 2.83. The normalized spacial score (nSPS) is 14.7. The first kappa shape index (κ1) is 11.3. The lowest BCUT2D eigenvalue weighted by atomic mass is 10.2. The van der Waals surface area contributed by atoms with Crippen LogP contribution in [0.1, 0.15) is 24.2 Å². The second-order valence-electron chi connectivity index (χ2n) is 4.72. The smallest absolute Gasteiger partial charge is 0.159 e. The molecule has 2 heterocycles. The van der Waals surface area contributed by atoms with E-state index in [1.54, 1.807) is 12.4 Å². The van der Waals surface area contributed by atoms with Crippen molar-refractivity contribution in [3.63, 3.8) is 0 Å². The SMILES string of the molecule is Cc1cc(CNC2CC2)nc(-c2ccncc2)n1. The molecule has 0 saturated heterocycles. The van der Waals surface area contributed by atoms with Crippen LogP contribution in [0.3, 0.4) is 0 Å². The minimum atomic E-state index is 0.699. The lowest BCUT2D eigenvalue weighted by Gasteiger charge is -2.06. The number of aromatic nitrogens is 3. The summed E-state index contributed by atoms with van der Waals surface area (Å²) in [5.41, 5.74) is 3.08. The maximum absolute atomic E-state index is 4.60. The van der Waals surface area contributed by atoms with Crippen molar-refractivity contribution in [2.45, 2.75) is 32.4 Å². The van der Waals surface area contributed by atoms with E-state index in [-0.39, 0.29) is 0 Å². The van der Waals surface area contributed by atoms with Crippen LogP contribution in [0.25, 0.3) is 11.4 Å². The van der Waals surface area contributed by atoms with Crippen LogP contribution in [0.5, 0.6) is 0 Å². The monoisotopic (exact) mass is 240 g/mol. The zero-order valence-corrected chi connectivity index (χ0v) is 10.4. The van der Waals surface area contributed by atoms with Gasteiger partial charge in [-0.3, -0.25) is 4.98 Å². The molecule has 4 heteroatoms. The number of nitrogens with zero attached hydrogens (tertiary/aromatic N) is 3. The Morgan fingerprint density at radius 3 is 2.72 bits per heavy atom. The van der Waals surface area contributed by atoms with Gasteiger partial charge in [0.15, 0.2) is 5.82 Å². The van der Waals surface area contributed by atoms with Gasteiger partial charge in [0.25, 0.3) is 0 Å². The molecule has 0 bridgehead atoms. The van der Waals surface area contributed by atoms with Gasteiger partial charge in [0.2, 0.25) is 0 Å². The second-order valence-corrected chi connectivity index (χ2v) is 4.72. The van der Waals surface area contributed by atoms with Gasteiger partial charge in [-0.2, -0.15) is 0 Å². The molecule has 1 aliphatic rings. The summed E-state index contributed by atoms with van der Waals surface area (Å²) in [6, 6.07) is 6.62. The number of rotatable bonds is 4. The summed E-state index contributed by atoms with van der Waals surface area (Å²) in [6.07, 6.45) is 6.12. The van der Waals surface area contributed by atoms with Crippen LogP contribution < -0.4 is 5.32 Å². The highest BCUT2D eigenvalue weighted by atomic mass is 15.0. The number of hydrogen-bond acceptors (Lipinski definition) is 4. The fourth-order valence-corrected chi connectivity index (χ4v) is 1.89. The van der Waals surface area contributed by atoms with Gasteiger partial charge in [-0.25, -0.2) is 9.97 Å².